The number of rotatable bonds is 7. The quantitative estimate of drug-likeness (QED) is 0.321. The van der Waals surface area contributed by atoms with Gasteiger partial charge in [-0.15, -0.1) is 0 Å². The molecule has 0 saturated carbocycles. The Labute approximate surface area is 250 Å². The third-order valence-corrected chi connectivity index (χ3v) is 7.85. The Balaban J connectivity index is 1.37. The van der Waals surface area contributed by atoms with Crippen molar-refractivity contribution in [1.82, 2.24) is 15.1 Å². The lowest BCUT2D eigenvalue weighted by Gasteiger charge is -2.27. The van der Waals surface area contributed by atoms with Gasteiger partial charge in [0.15, 0.2) is 0 Å². The molecule has 11 heteroatoms. The number of nitrogens with zero attached hydrogens (tertiary/aromatic N) is 4. The predicted octanol–water partition coefficient (Wildman–Crippen LogP) is 3.56. The Morgan fingerprint density at radius 1 is 0.791 bits per heavy atom. The molecule has 2 fully saturated rings. The monoisotopic (exact) mass is 584 g/mol. The van der Waals surface area contributed by atoms with Crippen LogP contribution in [0.3, 0.4) is 0 Å². The van der Waals surface area contributed by atoms with Crippen molar-refractivity contribution in [3.8, 4) is 0 Å². The fourth-order valence-corrected chi connectivity index (χ4v) is 5.50. The average molecular weight is 585 g/mol. The van der Waals surface area contributed by atoms with Gasteiger partial charge in [0.25, 0.3) is 17.5 Å². The molecule has 2 N–H and O–H groups in total. The van der Waals surface area contributed by atoms with Gasteiger partial charge in [-0.25, -0.2) is 0 Å². The summed E-state index contributed by atoms with van der Waals surface area (Å²) in [6, 6.07) is 20.5. The Kier molecular flexibility index (Phi) is 9.63. The number of carbonyl (C=O) groups excluding carboxylic acids is 3. The number of nitro benzene ring substituents is 1. The number of anilines is 2. The number of hydrogen-bond acceptors (Lipinski definition) is 7. The second-order valence-corrected chi connectivity index (χ2v) is 10.8. The molecule has 3 amide bonds. The summed E-state index contributed by atoms with van der Waals surface area (Å²) >= 11 is 0. The number of benzene rings is 3. The molecule has 0 atom stereocenters. The molecule has 0 aliphatic carbocycles. The molecule has 43 heavy (non-hydrogen) atoms. The first kappa shape index (κ1) is 29.7. The van der Waals surface area contributed by atoms with Gasteiger partial charge in [-0.1, -0.05) is 30.3 Å². The van der Waals surface area contributed by atoms with Crippen LogP contribution >= 0.6 is 0 Å². The fraction of sp³-hybridized carbons (Fsp3) is 0.344. The van der Waals surface area contributed by atoms with Crippen LogP contribution < -0.4 is 15.5 Å². The Morgan fingerprint density at radius 2 is 1.53 bits per heavy atom. The van der Waals surface area contributed by atoms with E-state index in [0.29, 0.717) is 56.9 Å². The number of amides is 3. The van der Waals surface area contributed by atoms with Crippen molar-refractivity contribution >= 4 is 34.8 Å². The summed E-state index contributed by atoms with van der Waals surface area (Å²) in [6.07, 6.45) is 1.96. The smallest absolute Gasteiger partial charge is 0.269 e. The summed E-state index contributed by atoms with van der Waals surface area (Å²) < 4.78 is 0. The van der Waals surface area contributed by atoms with Crippen molar-refractivity contribution < 1.29 is 19.3 Å². The average Bonchev–Trinajstić information content (AvgIpc) is 3.45. The van der Waals surface area contributed by atoms with Crippen molar-refractivity contribution in [1.29, 1.82) is 0 Å². The number of nitrogens with one attached hydrogen (secondary N) is 2. The Bertz CT molecular complexity index is 1450. The van der Waals surface area contributed by atoms with E-state index in [4.69, 9.17) is 0 Å². The van der Waals surface area contributed by atoms with Crippen LogP contribution in [0.2, 0.25) is 0 Å². The third kappa shape index (κ3) is 7.55. The maximum Gasteiger partial charge on any atom is 0.269 e. The van der Waals surface area contributed by atoms with Gasteiger partial charge in [-0.05, 0) is 55.3 Å². The van der Waals surface area contributed by atoms with E-state index in [1.165, 1.54) is 24.3 Å². The summed E-state index contributed by atoms with van der Waals surface area (Å²) in [4.78, 5) is 56.2. The molecule has 2 heterocycles. The van der Waals surface area contributed by atoms with E-state index in [-0.39, 0.29) is 23.1 Å². The predicted molar refractivity (Wildman–Crippen MR) is 164 cm³/mol. The van der Waals surface area contributed by atoms with Gasteiger partial charge >= 0.3 is 0 Å². The molecule has 3 aromatic carbocycles. The van der Waals surface area contributed by atoms with Gasteiger partial charge in [0.1, 0.15) is 0 Å². The van der Waals surface area contributed by atoms with Crippen LogP contribution in [0.15, 0.2) is 72.8 Å². The zero-order valence-corrected chi connectivity index (χ0v) is 24.0. The van der Waals surface area contributed by atoms with Gasteiger partial charge in [-0.3, -0.25) is 24.5 Å². The van der Waals surface area contributed by atoms with Crippen LogP contribution in [0.1, 0.15) is 39.1 Å². The SMILES string of the molecule is O=C(Nc1cc(C(=O)N2CCCNCC2)ccc1N1CCCN(C(=O)Cc2ccccc2)CC1)c1ccc([N+](=O)[O-])cc1. The zero-order chi connectivity index (χ0) is 30.2. The molecule has 0 aromatic heterocycles. The van der Waals surface area contributed by atoms with E-state index >= 15 is 0 Å². The fourth-order valence-electron chi connectivity index (χ4n) is 5.50. The summed E-state index contributed by atoms with van der Waals surface area (Å²) in [6.45, 7) is 5.22. The van der Waals surface area contributed by atoms with E-state index in [9.17, 15) is 24.5 Å². The highest BCUT2D eigenvalue weighted by Gasteiger charge is 2.24. The van der Waals surface area contributed by atoms with Crippen LogP contribution in [-0.4, -0.2) is 84.8 Å². The van der Waals surface area contributed by atoms with Crippen LogP contribution in [-0.2, 0) is 11.2 Å². The van der Waals surface area contributed by atoms with Crippen molar-refractivity contribution in [2.24, 2.45) is 0 Å². The molecule has 2 aliphatic rings. The van der Waals surface area contributed by atoms with Gasteiger partial charge < -0.3 is 25.3 Å². The normalized spacial score (nSPS) is 15.8. The van der Waals surface area contributed by atoms with Crippen molar-refractivity contribution in [2.75, 3.05) is 62.6 Å². The molecule has 2 saturated heterocycles. The van der Waals surface area contributed by atoms with Crippen molar-refractivity contribution in [2.45, 2.75) is 19.3 Å². The first-order valence-electron chi connectivity index (χ1n) is 14.7. The van der Waals surface area contributed by atoms with E-state index in [2.05, 4.69) is 15.5 Å². The van der Waals surface area contributed by atoms with E-state index in [1.807, 2.05) is 46.2 Å². The van der Waals surface area contributed by atoms with Crippen LogP contribution in [0.5, 0.6) is 0 Å². The molecule has 0 bridgehead atoms. The first-order chi connectivity index (χ1) is 20.9. The summed E-state index contributed by atoms with van der Waals surface area (Å²) in [5.41, 5.74) is 2.84. The zero-order valence-electron chi connectivity index (χ0n) is 24.0. The molecule has 5 rings (SSSR count). The number of nitro groups is 1. The topological polar surface area (TPSA) is 128 Å². The lowest BCUT2D eigenvalue weighted by Crippen LogP contribution is -2.36. The molecule has 0 spiro atoms. The highest BCUT2D eigenvalue weighted by Crippen LogP contribution is 2.30. The lowest BCUT2D eigenvalue weighted by atomic mass is 10.1. The van der Waals surface area contributed by atoms with Crippen LogP contribution in [0.4, 0.5) is 17.1 Å². The highest BCUT2D eigenvalue weighted by atomic mass is 16.6. The summed E-state index contributed by atoms with van der Waals surface area (Å²) in [5, 5.41) is 17.3. The van der Waals surface area contributed by atoms with E-state index < -0.39 is 10.8 Å². The minimum Gasteiger partial charge on any atom is -0.368 e. The maximum absolute atomic E-state index is 13.4. The minimum absolute atomic E-state index is 0.0765. The molecule has 0 unspecified atom stereocenters. The molecule has 0 radical (unpaired) electrons. The van der Waals surface area contributed by atoms with Crippen molar-refractivity contribution in [3.63, 3.8) is 0 Å². The minimum atomic E-state index is -0.513. The Morgan fingerprint density at radius 3 is 2.30 bits per heavy atom. The van der Waals surface area contributed by atoms with E-state index in [0.717, 1.165) is 37.2 Å². The number of carbonyl (C=O) groups is 3. The molecule has 3 aromatic rings. The number of non-ortho nitro benzene ring substituents is 1. The molecular weight excluding hydrogens is 548 g/mol. The molecular formula is C32H36N6O5. The van der Waals surface area contributed by atoms with Gasteiger partial charge in [0.2, 0.25) is 5.91 Å². The summed E-state index contributed by atoms with van der Waals surface area (Å²) in [7, 11) is 0. The van der Waals surface area contributed by atoms with Crippen LogP contribution in [0, 0.1) is 10.1 Å². The van der Waals surface area contributed by atoms with Crippen molar-refractivity contribution in [3.05, 3.63) is 99.6 Å². The third-order valence-electron chi connectivity index (χ3n) is 7.85. The number of hydrogen-bond donors (Lipinski definition) is 2. The molecule has 11 nitrogen and oxygen atoms in total. The van der Waals surface area contributed by atoms with Crippen LogP contribution in [0.25, 0.3) is 0 Å². The maximum atomic E-state index is 13.4. The molecule has 224 valence electrons. The standard InChI is InChI=1S/C32H36N6O5/c39-30(22-24-6-2-1-3-7-24)36-18-5-17-35(20-21-36)29-13-10-26(32(41)37-16-4-14-33-15-19-37)23-28(29)34-31(40)25-8-11-27(12-9-25)38(42)43/h1-3,6-13,23,33H,4-5,14-22H2,(H,34,40). The first-order valence-corrected chi connectivity index (χ1v) is 14.7. The second-order valence-electron chi connectivity index (χ2n) is 10.8. The van der Waals surface area contributed by atoms with E-state index in [1.54, 1.807) is 12.1 Å². The van der Waals surface area contributed by atoms with Gasteiger partial charge in [-0.2, -0.15) is 0 Å². The summed E-state index contributed by atoms with van der Waals surface area (Å²) in [5.74, 6) is -0.462. The lowest BCUT2D eigenvalue weighted by molar-refractivity contribution is -0.384. The second kappa shape index (κ2) is 13.9. The molecule has 2 aliphatic heterocycles. The Hall–Kier alpha value is -4.77. The largest absolute Gasteiger partial charge is 0.368 e. The van der Waals surface area contributed by atoms with Gasteiger partial charge in [0, 0.05) is 69.1 Å². The van der Waals surface area contributed by atoms with Gasteiger partial charge in [0.05, 0.1) is 22.7 Å². The highest BCUT2D eigenvalue weighted by molar-refractivity contribution is 6.07.